The molecule has 16 heavy (non-hydrogen) atoms. The number of unbranched alkanes of at least 4 members (excludes halogenated alkanes) is 7. The van der Waals surface area contributed by atoms with Gasteiger partial charge in [-0.15, -0.1) is 0 Å². The molecule has 1 N–H and O–H groups in total. The first-order valence-corrected chi connectivity index (χ1v) is 7.10. The highest BCUT2D eigenvalue weighted by atomic mass is 16.3. The second-order valence-corrected chi connectivity index (χ2v) is 4.84. The van der Waals surface area contributed by atoms with Gasteiger partial charge >= 0.3 is 0 Å². The van der Waals surface area contributed by atoms with E-state index >= 15 is 0 Å². The second kappa shape index (κ2) is 11.4. The maximum Gasteiger partial charge on any atom is 0.106 e. The molecule has 0 aromatic carbocycles. The van der Waals surface area contributed by atoms with Crippen LogP contribution in [0.4, 0.5) is 0 Å². The van der Waals surface area contributed by atoms with E-state index in [1.807, 2.05) is 14.0 Å². The molecule has 0 heterocycles. The SMILES string of the molecule is CCCCCCCCCCN(C)C(O)CC. The smallest absolute Gasteiger partial charge is 0.106 e. The minimum Gasteiger partial charge on any atom is -0.378 e. The summed E-state index contributed by atoms with van der Waals surface area (Å²) in [5, 5.41) is 9.55. The molecule has 0 aromatic heterocycles. The quantitative estimate of drug-likeness (QED) is 0.430. The molecule has 0 rings (SSSR count). The first-order valence-electron chi connectivity index (χ1n) is 7.10. The first-order chi connectivity index (χ1) is 7.72. The summed E-state index contributed by atoms with van der Waals surface area (Å²) in [6.45, 7) is 5.31. The van der Waals surface area contributed by atoms with Crippen molar-refractivity contribution in [3.8, 4) is 0 Å². The Hall–Kier alpha value is -0.0800. The van der Waals surface area contributed by atoms with Gasteiger partial charge in [0, 0.05) is 6.54 Å². The summed E-state index contributed by atoms with van der Waals surface area (Å²) < 4.78 is 0. The number of rotatable bonds is 11. The minimum atomic E-state index is -0.246. The van der Waals surface area contributed by atoms with E-state index in [1.165, 1.54) is 51.4 Å². The van der Waals surface area contributed by atoms with Gasteiger partial charge in [0.1, 0.15) is 6.23 Å². The molecule has 0 radical (unpaired) electrons. The van der Waals surface area contributed by atoms with Crippen molar-refractivity contribution in [2.75, 3.05) is 13.6 Å². The van der Waals surface area contributed by atoms with Crippen molar-refractivity contribution in [3.63, 3.8) is 0 Å². The number of aliphatic hydroxyl groups excluding tert-OH is 1. The summed E-state index contributed by atoms with van der Waals surface area (Å²) in [6, 6.07) is 0. The Kier molecular flexibility index (Phi) is 11.3. The van der Waals surface area contributed by atoms with Crippen LogP contribution in [0.3, 0.4) is 0 Å². The van der Waals surface area contributed by atoms with Crippen LogP contribution in [0.1, 0.15) is 71.6 Å². The number of hydrogen-bond acceptors (Lipinski definition) is 2. The lowest BCUT2D eigenvalue weighted by atomic mass is 10.1. The zero-order chi connectivity index (χ0) is 12.2. The monoisotopic (exact) mass is 229 g/mol. The average Bonchev–Trinajstić information content (AvgIpc) is 2.31. The molecule has 0 bridgehead atoms. The van der Waals surface area contributed by atoms with Crippen LogP contribution in [0.15, 0.2) is 0 Å². The summed E-state index contributed by atoms with van der Waals surface area (Å²) >= 11 is 0. The third kappa shape index (κ3) is 9.17. The normalized spacial score (nSPS) is 13.3. The zero-order valence-electron chi connectivity index (χ0n) is 11.5. The molecule has 0 aromatic rings. The molecule has 0 saturated heterocycles. The molecule has 0 aliphatic rings. The highest BCUT2D eigenvalue weighted by molar-refractivity contribution is 4.55. The van der Waals surface area contributed by atoms with Crippen molar-refractivity contribution in [1.29, 1.82) is 0 Å². The van der Waals surface area contributed by atoms with E-state index in [-0.39, 0.29) is 6.23 Å². The standard InChI is InChI=1S/C14H31NO/c1-4-6-7-8-9-10-11-12-13-15(3)14(16)5-2/h14,16H,4-13H2,1-3H3. The summed E-state index contributed by atoms with van der Waals surface area (Å²) in [7, 11) is 2.01. The number of aliphatic hydroxyl groups is 1. The molecule has 0 fully saturated rings. The minimum absolute atomic E-state index is 0.246. The van der Waals surface area contributed by atoms with E-state index < -0.39 is 0 Å². The lowest BCUT2D eigenvalue weighted by Crippen LogP contribution is -2.31. The van der Waals surface area contributed by atoms with Crippen LogP contribution in [0.25, 0.3) is 0 Å². The fourth-order valence-electron chi connectivity index (χ4n) is 1.96. The van der Waals surface area contributed by atoms with Gasteiger partial charge < -0.3 is 5.11 Å². The van der Waals surface area contributed by atoms with Gasteiger partial charge in [-0.2, -0.15) is 0 Å². The molecule has 0 spiro atoms. The fraction of sp³-hybridized carbons (Fsp3) is 1.00. The van der Waals surface area contributed by atoms with Gasteiger partial charge in [-0.25, -0.2) is 0 Å². The Labute approximate surface area is 102 Å². The summed E-state index contributed by atoms with van der Waals surface area (Å²) in [5.41, 5.74) is 0. The van der Waals surface area contributed by atoms with Crippen molar-refractivity contribution in [2.24, 2.45) is 0 Å². The van der Waals surface area contributed by atoms with Crippen molar-refractivity contribution < 1.29 is 5.11 Å². The maximum atomic E-state index is 9.55. The van der Waals surface area contributed by atoms with Crippen LogP contribution in [0.2, 0.25) is 0 Å². The number of nitrogens with zero attached hydrogens (tertiary/aromatic N) is 1. The van der Waals surface area contributed by atoms with Gasteiger partial charge in [0.2, 0.25) is 0 Å². The van der Waals surface area contributed by atoms with Crippen LogP contribution in [0, 0.1) is 0 Å². The summed E-state index contributed by atoms with van der Waals surface area (Å²) in [5.74, 6) is 0. The Morgan fingerprint density at radius 2 is 1.38 bits per heavy atom. The van der Waals surface area contributed by atoms with Crippen molar-refractivity contribution in [2.45, 2.75) is 77.9 Å². The van der Waals surface area contributed by atoms with Gasteiger partial charge in [-0.1, -0.05) is 58.8 Å². The highest BCUT2D eigenvalue weighted by Gasteiger charge is 2.06. The second-order valence-electron chi connectivity index (χ2n) is 4.84. The lowest BCUT2D eigenvalue weighted by molar-refractivity contribution is 0.0187. The third-order valence-corrected chi connectivity index (χ3v) is 3.24. The Morgan fingerprint density at radius 3 is 1.88 bits per heavy atom. The van der Waals surface area contributed by atoms with E-state index in [1.54, 1.807) is 0 Å². The lowest BCUT2D eigenvalue weighted by Gasteiger charge is -2.21. The molecule has 2 nitrogen and oxygen atoms in total. The van der Waals surface area contributed by atoms with Gasteiger partial charge in [0.05, 0.1) is 0 Å². The largest absolute Gasteiger partial charge is 0.378 e. The Morgan fingerprint density at radius 1 is 0.875 bits per heavy atom. The first kappa shape index (κ1) is 15.9. The predicted octanol–water partition coefficient (Wildman–Crippen LogP) is 3.79. The fourth-order valence-corrected chi connectivity index (χ4v) is 1.96. The summed E-state index contributed by atoms with van der Waals surface area (Å²) in [4.78, 5) is 2.05. The molecule has 2 heteroatoms. The van der Waals surface area contributed by atoms with Crippen LogP contribution in [0.5, 0.6) is 0 Å². The van der Waals surface area contributed by atoms with Crippen LogP contribution >= 0.6 is 0 Å². The molecule has 1 unspecified atom stereocenters. The Bertz CT molecular complexity index is 139. The predicted molar refractivity (Wildman–Crippen MR) is 71.5 cm³/mol. The van der Waals surface area contributed by atoms with Crippen molar-refractivity contribution >= 4 is 0 Å². The molecular formula is C14H31NO. The Balaban J connectivity index is 3.14. The van der Waals surface area contributed by atoms with Gasteiger partial charge in [-0.3, -0.25) is 4.90 Å². The van der Waals surface area contributed by atoms with E-state index in [4.69, 9.17) is 0 Å². The molecule has 1 atom stereocenters. The average molecular weight is 229 g/mol. The molecule has 0 aliphatic carbocycles. The summed E-state index contributed by atoms with van der Waals surface area (Å²) in [6.07, 6.45) is 11.4. The highest BCUT2D eigenvalue weighted by Crippen LogP contribution is 2.09. The maximum absolute atomic E-state index is 9.55. The number of hydrogen-bond donors (Lipinski definition) is 1. The molecule has 0 aliphatic heterocycles. The van der Waals surface area contributed by atoms with E-state index in [0.717, 1.165) is 13.0 Å². The molecule has 98 valence electrons. The van der Waals surface area contributed by atoms with E-state index in [0.29, 0.717) is 0 Å². The van der Waals surface area contributed by atoms with Crippen LogP contribution in [-0.2, 0) is 0 Å². The van der Waals surface area contributed by atoms with E-state index in [9.17, 15) is 5.11 Å². The molecule has 0 amide bonds. The topological polar surface area (TPSA) is 23.5 Å². The van der Waals surface area contributed by atoms with Crippen molar-refractivity contribution in [1.82, 2.24) is 4.90 Å². The van der Waals surface area contributed by atoms with E-state index in [2.05, 4.69) is 11.8 Å². The zero-order valence-corrected chi connectivity index (χ0v) is 11.5. The van der Waals surface area contributed by atoms with Crippen LogP contribution in [-0.4, -0.2) is 29.8 Å². The van der Waals surface area contributed by atoms with Gasteiger partial charge in [-0.05, 0) is 19.9 Å². The van der Waals surface area contributed by atoms with Crippen LogP contribution < -0.4 is 0 Å². The van der Waals surface area contributed by atoms with Crippen molar-refractivity contribution in [3.05, 3.63) is 0 Å². The van der Waals surface area contributed by atoms with Gasteiger partial charge in [0.15, 0.2) is 0 Å². The third-order valence-electron chi connectivity index (χ3n) is 3.24. The van der Waals surface area contributed by atoms with Gasteiger partial charge in [0.25, 0.3) is 0 Å². The molecule has 0 saturated carbocycles. The molecular weight excluding hydrogens is 198 g/mol.